The second-order valence-electron chi connectivity index (χ2n) is 5.14. The SMILES string of the molecule is COc1ccc(/C=N/NC(=O)C(=O)Nc2cccc(C)c2)cc1OC. The molecule has 0 aliphatic rings. The Bertz CT molecular complexity index is 803. The summed E-state index contributed by atoms with van der Waals surface area (Å²) in [7, 11) is 3.06. The number of anilines is 1. The van der Waals surface area contributed by atoms with Crippen LogP contribution in [0.25, 0.3) is 0 Å². The molecule has 0 radical (unpaired) electrons. The van der Waals surface area contributed by atoms with Crippen LogP contribution in [0, 0.1) is 6.92 Å². The van der Waals surface area contributed by atoms with Crippen molar-refractivity contribution in [1.29, 1.82) is 0 Å². The van der Waals surface area contributed by atoms with Crippen LogP contribution in [0.2, 0.25) is 0 Å². The first-order valence-electron chi connectivity index (χ1n) is 7.46. The summed E-state index contributed by atoms with van der Waals surface area (Å²) in [5, 5.41) is 6.27. The summed E-state index contributed by atoms with van der Waals surface area (Å²) in [4.78, 5) is 23.6. The third kappa shape index (κ3) is 5.07. The number of hydrogen-bond acceptors (Lipinski definition) is 5. The predicted molar refractivity (Wildman–Crippen MR) is 95.1 cm³/mol. The molecule has 0 aliphatic carbocycles. The maximum atomic E-state index is 11.8. The fourth-order valence-electron chi connectivity index (χ4n) is 2.06. The van der Waals surface area contributed by atoms with Crippen molar-refractivity contribution in [3.8, 4) is 11.5 Å². The molecule has 0 saturated heterocycles. The molecule has 130 valence electrons. The Labute approximate surface area is 145 Å². The van der Waals surface area contributed by atoms with Gasteiger partial charge in [-0.1, -0.05) is 12.1 Å². The van der Waals surface area contributed by atoms with Gasteiger partial charge in [-0.3, -0.25) is 9.59 Å². The van der Waals surface area contributed by atoms with Gasteiger partial charge in [-0.15, -0.1) is 0 Å². The lowest BCUT2D eigenvalue weighted by Crippen LogP contribution is -2.32. The van der Waals surface area contributed by atoms with Crippen LogP contribution in [0.1, 0.15) is 11.1 Å². The van der Waals surface area contributed by atoms with E-state index >= 15 is 0 Å². The topological polar surface area (TPSA) is 89.0 Å². The van der Waals surface area contributed by atoms with Crippen LogP contribution in [-0.4, -0.2) is 32.2 Å². The summed E-state index contributed by atoms with van der Waals surface area (Å²) < 4.78 is 10.3. The van der Waals surface area contributed by atoms with Crippen molar-refractivity contribution in [3.63, 3.8) is 0 Å². The number of hydrogen-bond donors (Lipinski definition) is 2. The molecule has 7 nitrogen and oxygen atoms in total. The number of nitrogens with one attached hydrogen (secondary N) is 2. The van der Waals surface area contributed by atoms with Crippen LogP contribution >= 0.6 is 0 Å². The molecule has 2 aromatic rings. The second-order valence-corrected chi connectivity index (χ2v) is 5.14. The van der Waals surface area contributed by atoms with Crippen molar-refractivity contribution in [2.45, 2.75) is 6.92 Å². The van der Waals surface area contributed by atoms with Gasteiger partial charge >= 0.3 is 11.8 Å². The van der Waals surface area contributed by atoms with Crippen molar-refractivity contribution < 1.29 is 19.1 Å². The van der Waals surface area contributed by atoms with Gasteiger partial charge in [0, 0.05) is 5.69 Å². The fraction of sp³-hybridized carbons (Fsp3) is 0.167. The number of benzene rings is 2. The first-order valence-corrected chi connectivity index (χ1v) is 7.46. The van der Waals surface area contributed by atoms with Gasteiger partial charge in [0.15, 0.2) is 11.5 Å². The van der Waals surface area contributed by atoms with Gasteiger partial charge in [-0.25, -0.2) is 5.43 Å². The summed E-state index contributed by atoms with van der Waals surface area (Å²) in [5.41, 5.74) is 4.38. The van der Waals surface area contributed by atoms with Gasteiger partial charge in [0.2, 0.25) is 0 Å². The van der Waals surface area contributed by atoms with E-state index in [0.717, 1.165) is 5.56 Å². The highest BCUT2D eigenvalue weighted by Crippen LogP contribution is 2.26. The molecule has 2 N–H and O–H groups in total. The molecule has 0 aromatic heterocycles. The zero-order valence-corrected chi connectivity index (χ0v) is 14.2. The van der Waals surface area contributed by atoms with E-state index in [0.29, 0.717) is 22.7 Å². The lowest BCUT2D eigenvalue weighted by molar-refractivity contribution is -0.136. The van der Waals surface area contributed by atoms with Gasteiger partial charge in [0.05, 0.1) is 20.4 Å². The van der Waals surface area contributed by atoms with Gasteiger partial charge in [-0.05, 0) is 48.4 Å². The molecule has 2 rings (SSSR count). The number of carbonyl (C=O) groups excluding carboxylic acids is 2. The van der Waals surface area contributed by atoms with Crippen LogP contribution in [0.5, 0.6) is 11.5 Å². The van der Waals surface area contributed by atoms with Crippen LogP contribution in [-0.2, 0) is 9.59 Å². The van der Waals surface area contributed by atoms with Crippen molar-refractivity contribution in [1.82, 2.24) is 5.43 Å². The molecule has 0 fully saturated rings. The summed E-state index contributed by atoms with van der Waals surface area (Å²) >= 11 is 0. The molecule has 0 unspecified atom stereocenters. The highest BCUT2D eigenvalue weighted by Gasteiger charge is 2.12. The molecular formula is C18H19N3O4. The van der Waals surface area contributed by atoms with E-state index in [1.807, 2.05) is 13.0 Å². The van der Waals surface area contributed by atoms with E-state index in [1.54, 1.807) is 43.5 Å². The molecule has 0 saturated carbocycles. The molecule has 0 spiro atoms. The highest BCUT2D eigenvalue weighted by molar-refractivity contribution is 6.39. The zero-order valence-electron chi connectivity index (χ0n) is 14.2. The second kappa shape index (κ2) is 8.49. The highest BCUT2D eigenvalue weighted by atomic mass is 16.5. The van der Waals surface area contributed by atoms with E-state index in [2.05, 4.69) is 15.8 Å². The minimum atomic E-state index is -0.863. The average Bonchev–Trinajstić information content (AvgIpc) is 2.61. The van der Waals surface area contributed by atoms with Crippen molar-refractivity contribution in [2.75, 3.05) is 19.5 Å². The van der Waals surface area contributed by atoms with Gasteiger partial charge in [0.1, 0.15) is 0 Å². The number of carbonyl (C=O) groups is 2. The van der Waals surface area contributed by atoms with E-state index in [4.69, 9.17) is 9.47 Å². The molecule has 0 atom stereocenters. The Kier molecular flexibility index (Phi) is 6.11. The molecule has 0 bridgehead atoms. The number of rotatable bonds is 5. The standard InChI is InChI=1S/C18H19N3O4/c1-12-5-4-6-14(9-12)20-17(22)18(23)21-19-11-13-7-8-15(24-2)16(10-13)25-3/h4-11H,1-3H3,(H,20,22)(H,21,23)/b19-11+. The predicted octanol–water partition coefficient (Wildman–Crippen LogP) is 2.10. The Morgan fingerprint density at radius 2 is 1.76 bits per heavy atom. The van der Waals surface area contributed by atoms with Gasteiger partial charge < -0.3 is 14.8 Å². The first-order chi connectivity index (χ1) is 12.0. The molecule has 25 heavy (non-hydrogen) atoms. The number of ether oxygens (including phenoxy) is 2. The van der Waals surface area contributed by atoms with Crippen LogP contribution in [0.3, 0.4) is 0 Å². The molecule has 0 aliphatic heterocycles. The quantitative estimate of drug-likeness (QED) is 0.495. The first kappa shape index (κ1) is 18.0. The Morgan fingerprint density at radius 3 is 2.44 bits per heavy atom. The monoisotopic (exact) mass is 341 g/mol. The maximum absolute atomic E-state index is 11.8. The van der Waals surface area contributed by atoms with Gasteiger partial charge in [-0.2, -0.15) is 5.10 Å². The van der Waals surface area contributed by atoms with Crippen molar-refractivity contribution in [2.24, 2.45) is 5.10 Å². The van der Waals surface area contributed by atoms with E-state index in [9.17, 15) is 9.59 Å². The number of methoxy groups -OCH3 is 2. The molecule has 0 heterocycles. The minimum Gasteiger partial charge on any atom is -0.493 e. The Balaban J connectivity index is 1.94. The number of nitrogens with zero attached hydrogens (tertiary/aromatic N) is 1. The third-order valence-corrected chi connectivity index (χ3v) is 3.27. The lowest BCUT2D eigenvalue weighted by Gasteiger charge is -2.07. The average molecular weight is 341 g/mol. The van der Waals surface area contributed by atoms with E-state index in [1.165, 1.54) is 13.3 Å². The zero-order chi connectivity index (χ0) is 18.2. The molecular weight excluding hydrogens is 322 g/mol. The third-order valence-electron chi connectivity index (χ3n) is 3.27. The van der Waals surface area contributed by atoms with E-state index < -0.39 is 11.8 Å². The largest absolute Gasteiger partial charge is 0.493 e. The van der Waals surface area contributed by atoms with Crippen LogP contribution in [0.15, 0.2) is 47.6 Å². The number of hydrazone groups is 1. The maximum Gasteiger partial charge on any atom is 0.329 e. The summed E-state index contributed by atoms with van der Waals surface area (Å²) in [6.45, 7) is 1.89. The van der Waals surface area contributed by atoms with Crippen LogP contribution < -0.4 is 20.2 Å². The molecule has 7 heteroatoms. The number of aryl methyl sites for hydroxylation is 1. The Morgan fingerprint density at radius 1 is 1.00 bits per heavy atom. The van der Waals surface area contributed by atoms with Gasteiger partial charge in [0.25, 0.3) is 0 Å². The normalized spacial score (nSPS) is 10.4. The Hall–Kier alpha value is -3.35. The molecule has 2 amide bonds. The summed E-state index contributed by atoms with van der Waals surface area (Å²) in [5.74, 6) is -0.538. The smallest absolute Gasteiger partial charge is 0.329 e. The summed E-state index contributed by atoms with van der Waals surface area (Å²) in [6, 6.07) is 12.3. The lowest BCUT2D eigenvalue weighted by atomic mass is 10.2. The molecule has 2 aromatic carbocycles. The van der Waals surface area contributed by atoms with Crippen molar-refractivity contribution in [3.05, 3.63) is 53.6 Å². The van der Waals surface area contributed by atoms with Crippen LogP contribution in [0.4, 0.5) is 5.69 Å². The number of amides is 2. The van der Waals surface area contributed by atoms with E-state index in [-0.39, 0.29) is 0 Å². The minimum absolute atomic E-state index is 0.537. The van der Waals surface area contributed by atoms with Crippen molar-refractivity contribution >= 4 is 23.7 Å². The summed E-state index contributed by atoms with van der Waals surface area (Å²) in [6.07, 6.45) is 1.40. The fourth-order valence-corrected chi connectivity index (χ4v) is 2.06.